The smallest absolute Gasteiger partial charge is 0.225 e. The Balaban J connectivity index is 1.12. The molecule has 1 amide bonds. The molecule has 1 aromatic carbocycles. The van der Waals surface area contributed by atoms with Gasteiger partial charge in [-0.2, -0.15) is 0 Å². The summed E-state index contributed by atoms with van der Waals surface area (Å²) in [6.07, 6.45) is 5.92. The van der Waals surface area contributed by atoms with Crippen LogP contribution in [0.25, 0.3) is 0 Å². The molecule has 176 valence electrons. The minimum atomic E-state index is 0.320. The highest BCUT2D eigenvalue weighted by Gasteiger charge is 2.31. The van der Waals surface area contributed by atoms with Gasteiger partial charge in [-0.1, -0.05) is 36.8 Å². The standard InChI is InChI=1S/C25H40N6O/c1-26-25(28-19-23-11-6-13-31(23)20-21-7-3-2-4-8-21)27-12-14-29-15-17-30(18-16-29)24(32)22-9-5-10-22/h2-4,7-8,22-23H,5-6,9-20H2,1H3,(H2,26,27,28). The predicted octanol–water partition coefficient (Wildman–Crippen LogP) is 1.76. The molecule has 2 aliphatic heterocycles. The lowest BCUT2D eigenvalue weighted by Crippen LogP contribution is -2.52. The quantitative estimate of drug-likeness (QED) is 0.476. The summed E-state index contributed by atoms with van der Waals surface area (Å²) < 4.78 is 0. The summed E-state index contributed by atoms with van der Waals surface area (Å²) in [4.78, 5) is 23.9. The number of hydrogen-bond acceptors (Lipinski definition) is 4. The van der Waals surface area contributed by atoms with E-state index in [0.29, 0.717) is 17.9 Å². The Morgan fingerprint density at radius 1 is 1.00 bits per heavy atom. The van der Waals surface area contributed by atoms with Gasteiger partial charge in [0.25, 0.3) is 0 Å². The maximum atomic E-state index is 12.4. The number of carbonyl (C=O) groups excluding carboxylic acids is 1. The van der Waals surface area contributed by atoms with Crippen molar-refractivity contribution in [1.82, 2.24) is 25.3 Å². The van der Waals surface area contributed by atoms with E-state index < -0.39 is 0 Å². The lowest BCUT2D eigenvalue weighted by atomic mass is 9.84. The molecule has 1 atom stereocenters. The topological polar surface area (TPSA) is 63.2 Å². The number of hydrogen-bond donors (Lipinski definition) is 2. The fourth-order valence-corrected chi connectivity index (χ4v) is 5.03. The lowest BCUT2D eigenvalue weighted by Gasteiger charge is -2.38. The van der Waals surface area contributed by atoms with E-state index in [-0.39, 0.29) is 0 Å². The molecule has 0 radical (unpaired) electrons. The van der Waals surface area contributed by atoms with E-state index in [1.807, 2.05) is 7.05 Å². The molecule has 32 heavy (non-hydrogen) atoms. The molecule has 2 N–H and O–H groups in total. The average molecular weight is 441 g/mol. The Morgan fingerprint density at radius 2 is 1.78 bits per heavy atom. The summed E-state index contributed by atoms with van der Waals surface area (Å²) in [5.41, 5.74) is 1.39. The van der Waals surface area contributed by atoms with E-state index >= 15 is 0 Å². The van der Waals surface area contributed by atoms with Crippen molar-refractivity contribution >= 4 is 11.9 Å². The Bertz CT molecular complexity index is 742. The van der Waals surface area contributed by atoms with Gasteiger partial charge < -0.3 is 15.5 Å². The average Bonchev–Trinajstić information content (AvgIpc) is 3.23. The van der Waals surface area contributed by atoms with Crippen molar-refractivity contribution in [1.29, 1.82) is 0 Å². The summed E-state index contributed by atoms with van der Waals surface area (Å²) in [7, 11) is 1.84. The van der Waals surface area contributed by atoms with Crippen molar-refractivity contribution in [2.24, 2.45) is 10.9 Å². The monoisotopic (exact) mass is 440 g/mol. The molecule has 1 unspecified atom stereocenters. The van der Waals surface area contributed by atoms with Crippen LogP contribution in [0.15, 0.2) is 35.3 Å². The molecule has 1 aromatic rings. The minimum absolute atomic E-state index is 0.320. The van der Waals surface area contributed by atoms with Gasteiger partial charge >= 0.3 is 0 Å². The first-order chi connectivity index (χ1) is 15.7. The number of piperazine rings is 1. The zero-order valence-electron chi connectivity index (χ0n) is 19.6. The van der Waals surface area contributed by atoms with Gasteiger partial charge in [-0.05, 0) is 37.8 Å². The van der Waals surface area contributed by atoms with Gasteiger partial charge in [0.05, 0.1) is 0 Å². The normalized spacial score (nSPS) is 23.2. The summed E-state index contributed by atoms with van der Waals surface area (Å²) in [5.74, 6) is 1.60. The molecule has 3 aliphatic rings. The number of nitrogens with one attached hydrogen (secondary N) is 2. The molecule has 0 aromatic heterocycles. The second-order valence-electron chi connectivity index (χ2n) is 9.43. The van der Waals surface area contributed by atoms with E-state index in [1.165, 1.54) is 31.4 Å². The van der Waals surface area contributed by atoms with Crippen LogP contribution in [-0.2, 0) is 11.3 Å². The Labute approximate surface area is 193 Å². The van der Waals surface area contributed by atoms with Crippen LogP contribution in [0, 0.1) is 5.92 Å². The fraction of sp³-hybridized carbons (Fsp3) is 0.680. The van der Waals surface area contributed by atoms with Gasteiger partial charge in [-0.15, -0.1) is 0 Å². The van der Waals surface area contributed by atoms with Crippen LogP contribution >= 0.6 is 0 Å². The van der Waals surface area contributed by atoms with Crippen LogP contribution in [0.4, 0.5) is 0 Å². The zero-order valence-corrected chi connectivity index (χ0v) is 19.6. The lowest BCUT2D eigenvalue weighted by molar-refractivity contribution is -0.139. The van der Waals surface area contributed by atoms with Gasteiger partial charge in [-0.25, -0.2) is 0 Å². The number of carbonyl (C=O) groups is 1. The van der Waals surface area contributed by atoms with Gasteiger partial charge in [0.2, 0.25) is 5.91 Å². The van der Waals surface area contributed by atoms with Crippen molar-refractivity contribution in [2.45, 2.75) is 44.7 Å². The summed E-state index contributed by atoms with van der Waals surface area (Å²) in [6, 6.07) is 11.3. The van der Waals surface area contributed by atoms with E-state index in [9.17, 15) is 4.79 Å². The van der Waals surface area contributed by atoms with Gasteiger partial charge in [0, 0.05) is 71.4 Å². The largest absolute Gasteiger partial charge is 0.355 e. The summed E-state index contributed by atoms with van der Waals surface area (Å²) in [5, 5.41) is 7.01. The van der Waals surface area contributed by atoms with E-state index in [4.69, 9.17) is 0 Å². The molecular weight excluding hydrogens is 400 g/mol. The third-order valence-corrected chi connectivity index (χ3v) is 7.32. The van der Waals surface area contributed by atoms with Crippen molar-refractivity contribution in [3.8, 4) is 0 Å². The molecule has 3 fully saturated rings. The van der Waals surface area contributed by atoms with Crippen LogP contribution in [-0.4, -0.2) is 92.0 Å². The van der Waals surface area contributed by atoms with Gasteiger partial charge in [0.15, 0.2) is 5.96 Å². The summed E-state index contributed by atoms with van der Waals surface area (Å²) >= 11 is 0. The summed E-state index contributed by atoms with van der Waals surface area (Å²) in [6.45, 7) is 8.67. The van der Waals surface area contributed by atoms with Gasteiger partial charge in [-0.3, -0.25) is 19.6 Å². The van der Waals surface area contributed by atoms with Crippen molar-refractivity contribution < 1.29 is 4.79 Å². The Kier molecular flexibility index (Phi) is 8.40. The van der Waals surface area contributed by atoms with Crippen LogP contribution in [0.3, 0.4) is 0 Å². The van der Waals surface area contributed by atoms with Crippen molar-refractivity contribution in [2.75, 3.05) is 59.4 Å². The second-order valence-corrected chi connectivity index (χ2v) is 9.43. The third kappa shape index (κ3) is 6.23. The first kappa shape index (κ1) is 23.1. The molecule has 0 spiro atoms. The molecule has 7 nitrogen and oxygen atoms in total. The number of rotatable bonds is 8. The minimum Gasteiger partial charge on any atom is -0.355 e. The predicted molar refractivity (Wildman–Crippen MR) is 130 cm³/mol. The molecule has 1 aliphatic carbocycles. The number of guanidine groups is 1. The second kappa shape index (κ2) is 11.7. The molecular formula is C25H40N6O. The van der Waals surface area contributed by atoms with E-state index in [0.717, 1.165) is 71.2 Å². The number of aliphatic imine (C=N–C) groups is 1. The fourth-order valence-electron chi connectivity index (χ4n) is 5.03. The zero-order chi connectivity index (χ0) is 22.2. The number of amides is 1. The maximum Gasteiger partial charge on any atom is 0.225 e. The number of likely N-dealkylation sites (tertiary alicyclic amines) is 1. The van der Waals surface area contributed by atoms with E-state index in [2.05, 4.69) is 60.7 Å². The molecule has 4 rings (SSSR count). The first-order valence-corrected chi connectivity index (χ1v) is 12.5. The number of nitrogens with zero attached hydrogens (tertiary/aromatic N) is 4. The van der Waals surface area contributed by atoms with Gasteiger partial charge in [0.1, 0.15) is 0 Å². The van der Waals surface area contributed by atoms with Crippen molar-refractivity contribution in [3.63, 3.8) is 0 Å². The SMILES string of the molecule is CN=C(NCCN1CCN(C(=O)C2CCC2)CC1)NCC1CCCN1Cc1ccccc1. The molecule has 7 heteroatoms. The third-order valence-electron chi connectivity index (χ3n) is 7.32. The molecule has 2 heterocycles. The Hall–Kier alpha value is -2.12. The molecule has 1 saturated carbocycles. The Morgan fingerprint density at radius 3 is 2.47 bits per heavy atom. The first-order valence-electron chi connectivity index (χ1n) is 12.5. The van der Waals surface area contributed by atoms with Crippen molar-refractivity contribution in [3.05, 3.63) is 35.9 Å². The van der Waals surface area contributed by atoms with E-state index in [1.54, 1.807) is 0 Å². The van der Waals surface area contributed by atoms with Crippen LogP contribution in [0.5, 0.6) is 0 Å². The van der Waals surface area contributed by atoms with Crippen LogP contribution in [0.1, 0.15) is 37.7 Å². The van der Waals surface area contributed by atoms with Crippen LogP contribution in [0.2, 0.25) is 0 Å². The highest BCUT2D eigenvalue weighted by molar-refractivity contribution is 5.80. The molecule has 2 saturated heterocycles. The van der Waals surface area contributed by atoms with Crippen LogP contribution < -0.4 is 10.6 Å². The highest BCUT2D eigenvalue weighted by atomic mass is 16.2. The molecule has 0 bridgehead atoms. The maximum absolute atomic E-state index is 12.4. The highest BCUT2D eigenvalue weighted by Crippen LogP contribution is 2.28. The number of benzene rings is 1.